The third kappa shape index (κ3) is 59.0. The van der Waals surface area contributed by atoms with E-state index in [1.165, 1.54) is 96.3 Å². The molecule has 0 aliphatic carbocycles. The number of phosphoric acid groups is 1. The standard InChI is InChI=1S/C68H117O11P/c1-4-7-10-13-16-19-22-25-28-31-32-35-38-41-44-47-50-53-56-59-68(72)79-65(61-75-66(70)57-54-51-48-45-42-39-36-33-29-26-23-20-17-14-11-8-5-2)63-77-80(73,74)76-62-64(60-69)78-67(71)58-55-52-49-46-43-40-37-34-30-27-24-21-18-15-12-9-6-3/h8,11,16-21,25-30,36,39,64-65,69H,4-7,9-10,12-15,22-24,31-35,37-38,40-63H2,1-3H3,(H,73,74)/b11-8-,19-16-,20-17-,21-18-,28-25-,29-26-,30-27-,39-36-. The number of aliphatic hydroxyl groups is 1. The molecule has 0 fully saturated rings. The van der Waals surface area contributed by atoms with Crippen LogP contribution in [-0.2, 0) is 42.2 Å². The number of hydrogen-bond acceptors (Lipinski definition) is 10. The van der Waals surface area contributed by atoms with Crippen LogP contribution in [0.1, 0.15) is 278 Å². The molecule has 11 nitrogen and oxygen atoms in total. The van der Waals surface area contributed by atoms with Gasteiger partial charge in [0.25, 0.3) is 0 Å². The van der Waals surface area contributed by atoms with Crippen molar-refractivity contribution in [1.82, 2.24) is 0 Å². The second kappa shape index (κ2) is 61.5. The van der Waals surface area contributed by atoms with Gasteiger partial charge in [-0.3, -0.25) is 23.4 Å². The lowest BCUT2D eigenvalue weighted by Crippen LogP contribution is -2.30. The number of ether oxygens (including phenoxy) is 3. The molecule has 2 N–H and O–H groups in total. The van der Waals surface area contributed by atoms with Gasteiger partial charge in [-0.15, -0.1) is 0 Å². The number of carbonyl (C=O) groups excluding carboxylic acids is 3. The van der Waals surface area contributed by atoms with E-state index in [0.717, 1.165) is 122 Å². The molecule has 0 aromatic carbocycles. The van der Waals surface area contributed by atoms with Crippen molar-refractivity contribution < 1.29 is 52.2 Å². The highest BCUT2D eigenvalue weighted by atomic mass is 31.2. The lowest BCUT2D eigenvalue weighted by Gasteiger charge is -2.21. The quantitative estimate of drug-likeness (QED) is 0.0197. The number of carbonyl (C=O) groups is 3. The molecule has 0 aromatic rings. The van der Waals surface area contributed by atoms with Crippen LogP contribution in [0.3, 0.4) is 0 Å². The fourth-order valence-corrected chi connectivity index (χ4v) is 9.37. The second-order valence-electron chi connectivity index (χ2n) is 21.2. The van der Waals surface area contributed by atoms with Crippen molar-refractivity contribution >= 4 is 25.7 Å². The van der Waals surface area contributed by atoms with Gasteiger partial charge in [0.1, 0.15) is 12.7 Å². The van der Waals surface area contributed by atoms with E-state index in [-0.39, 0.29) is 25.9 Å². The maximum atomic E-state index is 13.0. The Labute approximate surface area is 489 Å². The predicted molar refractivity (Wildman–Crippen MR) is 334 cm³/mol. The molecule has 0 aliphatic rings. The van der Waals surface area contributed by atoms with Crippen LogP contribution in [0.5, 0.6) is 0 Å². The van der Waals surface area contributed by atoms with E-state index in [1.807, 2.05) is 0 Å². The predicted octanol–water partition coefficient (Wildman–Crippen LogP) is 19.6. The Hall–Kier alpha value is -3.60. The van der Waals surface area contributed by atoms with E-state index in [2.05, 4.69) is 118 Å². The molecule has 460 valence electrons. The summed E-state index contributed by atoms with van der Waals surface area (Å²) in [7, 11) is -4.77. The minimum Gasteiger partial charge on any atom is -0.462 e. The first-order chi connectivity index (χ1) is 39.2. The first-order valence-corrected chi connectivity index (χ1v) is 33.6. The number of esters is 3. The van der Waals surface area contributed by atoms with Gasteiger partial charge >= 0.3 is 25.7 Å². The van der Waals surface area contributed by atoms with Crippen LogP contribution in [0, 0.1) is 0 Å². The van der Waals surface area contributed by atoms with Crippen LogP contribution in [0.25, 0.3) is 0 Å². The summed E-state index contributed by atoms with van der Waals surface area (Å²) in [5.41, 5.74) is 0. The average molecular weight is 1140 g/mol. The molecule has 0 spiro atoms. The lowest BCUT2D eigenvalue weighted by atomic mass is 10.1. The largest absolute Gasteiger partial charge is 0.472 e. The zero-order chi connectivity index (χ0) is 58.3. The zero-order valence-electron chi connectivity index (χ0n) is 51.0. The number of phosphoric ester groups is 1. The minimum absolute atomic E-state index is 0.153. The summed E-state index contributed by atoms with van der Waals surface area (Å²) < 4.78 is 39.7. The van der Waals surface area contributed by atoms with Gasteiger partial charge in [0.05, 0.1) is 19.8 Å². The summed E-state index contributed by atoms with van der Waals surface area (Å²) in [6.07, 6.45) is 73.5. The van der Waals surface area contributed by atoms with Crippen molar-refractivity contribution in [2.45, 2.75) is 290 Å². The monoisotopic (exact) mass is 1140 g/mol. The SMILES string of the molecule is CC/C=C\C/C=C\C/C=C\C/C=C\CCCCCCC(=O)OCC(COP(=O)(O)OCC(CO)OC(=O)CCCCCCCCC/C=C\C/C=C\CCCCC)OC(=O)CCCCCCCCCCC/C=C\C/C=C\CCCCC. The molecule has 0 rings (SSSR count). The average Bonchev–Trinajstić information content (AvgIpc) is 3.45. The van der Waals surface area contributed by atoms with Crippen LogP contribution in [-0.4, -0.2) is 66.5 Å². The highest BCUT2D eigenvalue weighted by molar-refractivity contribution is 7.47. The Kier molecular flexibility index (Phi) is 58.7. The van der Waals surface area contributed by atoms with E-state index in [4.69, 9.17) is 23.3 Å². The maximum Gasteiger partial charge on any atom is 0.472 e. The van der Waals surface area contributed by atoms with Gasteiger partial charge in [0, 0.05) is 19.3 Å². The van der Waals surface area contributed by atoms with Gasteiger partial charge in [-0.05, 0) is 122 Å². The van der Waals surface area contributed by atoms with Crippen LogP contribution >= 0.6 is 7.82 Å². The molecule has 0 bridgehead atoms. The first-order valence-electron chi connectivity index (χ1n) is 32.1. The van der Waals surface area contributed by atoms with Crippen molar-refractivity contribution in [2.24, 2.45) is 0 Å². The Morgan fingerprint density at radius 2 is 0.650 bits per heavy atom. The van der Waals surface area contributed by atoms with E-state index < -0.39 is 57.8 Å². The third-order valence-corrected chi connectivity index (χ3v) is 14.4. The molecule has 80 heavy (non-hydrogen) atoms. The van der Waals surface area contributed by atoms with Crippen molar-refractivity contribution in [2.75, 3.05) is 26.4 Å². The summed E-state index contributed by atoms with van der Waals surface area (Å²) >= 11 is 0. The molecule has 0 amide bonds. The Morgan fingerprint density at radius 1 is 0.362 bits per heavy atom. The molecule has 12 heteroatoms. The normalized spacial score (nSPS) is 13.9. The molecule has 3 unspecified atom stereocenters. The van der Waals surface area contributed by atoms with Crippen LogP contribution in [0.15, 0.2) is 97.2 Å². The molecule has 0 saturated heterocycles. The fraction of sp³-hybridized carbons (Fsp3) is 0.721. The van der Waals surface area contributed by atoms with E-state index in [9.17, 15) is 28.9 Å². The summed E-state index contributed by atoms with van der Waals surface area (Å²) in [5, 5.41) is 9.86. The van der Waals surface area contributed by atoms with Crippen LogP contribution in [0.4, 0.5) is 0 Å². The molecular formula is C68H117O11P. The highest BCUT2D eigenvalue weighted by Crippen LogP contribution is 2.43. The first kappa shape index (κ1) is 76.4. The lowest BCUT2D eigenvalue weighted by molar-refractivity contribution is -0.161. The maximum absolute atomic E-state index is 13.0. The number of hydrogen-bond donors (Lipinski definition) is 2. The minimum atomic E-state index is -4.77. The van der Waals surface area contributed by atoms with Crippen molar-refractivity contribution in [3.05, 3.63) is 97.2 Å². The van der Waals surface area contributed by atoms with Gasteiger partial charge in [0.2, 0.25) is 0 Å². The Bertz CT molecular complexity index is 1710. The van der Waals surface area contributed by atoms with Crippen molar-refractivity contribution in [3.63, 3.8) is 0 Å². The van der Waals surface area contributed by atoms with E-state index >= 15 is 0 Å². The van der Waals surface area contributed by atoms with Crippen molar-refractivity contribution in [3.8, 4) is 0 Å². The Morgan fingerprint density at radius 3 is 1.00 bits per heavy atom. The molecule has 0 radical (unpaired) electrons. The Balaban J connectivity index is 4.75. The number of allylic oxidation sites excluding steroid dienone is 16. The van der Waals surface area contributed by atoms with E-state index in [0.29, 0.717) is 19.3 Å². The number of unbranched alkanes of at least 4 members (excludes halogenated alkanes) is 26. The smallest absolute Gasteiger partial charge is 0.462 e. The second-order valence-corrected chi connectivity index (χ2v) is 22.6. The number of rotatable bonds is 59. The summed E-state index contributed by atoms with van der Waals surface area (Å²) in [5.74, 6) is -1.50. The molecule has 0 aromatic heterocycles. The summed E-state index contributed by atoms with van der Waals surface area (Å²) in [4.78, 5) is 48.8. The van der Waals surface area contributed by atoms with E-state index in [1.54, 1.807) is 0 Å². The van der Waals surface area contributed by atoms with Crippen molar-refractivity contribution in [1.29, 1.82) is 0 Å². The molecule has 0 saturated carbocycles. The molecule has 3 atom stereocenters. The highest BCUT2D eigenvalue weighted by Gasteiger charge is 2.28. The fourth-order valence-electron chi connectivity index (χ4n) is 8.58. The molecular weight excluding hydrogens is 1020 g/mol. The zero-order valence-corrected chi connectivity index (χ0v) is 51.9. The summed E-state index contributed by atoms with van der Waals surface area (Å²) in [6, 6.07) is 0. The summed E-state index contributed by atoms with van der Waals surface area (Å²) in [6.45, 7) is 4.47. The van der Waals surface area contributed by atoms with Crippen LogP contribution < -0.4 is 0 Å². The van der Waals surface area contributed by atoms with Gasteiger partial charge in [-0.2, -0.15) is 0 Å². The van der Waals surface area contributed by atoms with Gasteiger partial charge in [-0.25, -0.2) is 4.57 Å². The number of aliphatic hydroxyl groups excluding tert-OH is 1. The van der Waals surface area contributed by atoms with Gasteiger partial charge in [0.15, 0.2) is 6.10 Å². The topological polar surface area (TPSA) is 155 Å². The van der Waals surface area contributed by atoms with Crippen LogP contribution in [0.2, 0.25) is 0 Å². The molecule has 0 aliphatic heterocycles. The van der Waals surface area contributed by atoms with Gasteiger partial charge in [-0.1, -0.05) is 234 Å². The molecule has 0 heterocycles. The van der Waals surface area contributed by atoms with Gasteiger partial charge < -0.3 is 24.2 Å². The third-order valence-electron chi connectivity index (χ3n) is 13.5.